The molecule has 7 N–H and O–H groups in total. The van der Waals surface area contributed by atoms with Crippen molar-refractivity contribution in [3.63, 3.8) is 0 Å². The van der Waals surface area contributed by atoms with Gasteiger partial charge in [-0.1, -0.05) is 30.3 Å². The average molecular weight is 585 g/mol. The van der Waals surface area contributed by atoms with Gasteiger partial charge >= 0.3 is 7.60 Å². The molecule has 1 aliphatic rings. The molecule has 0 amide bonds. The van der Waals surface area contributed by atoms with Crippen molar-refractivity contribution in [1.29, 1.82) is 0 Å². The van der Waals surface area contributed by atoms with E-state index >= 15 is 0 Å². The molecule has 1 aliphatic heterocycles. The first-order valence-corrected chi connectivity index (χ1v) is 15.2. The average Bonchev–Trinajstić information content (AvgIpc) is 3.37. The number of nitrogens with zero attached hydrogens (tertiary/aromatic N) is 4. The van der Waals surface area contributed by atoms with Crippen molar-refractivity contribution in [3.8, 4) is 0 Å². The minimum absolute atomic E-state index is 0.118. The molecule has 4 aromatic rings. The van der Waals surface area contributed by atoms with Crippen molar-refractivity contribution in [1.82, 2.24) is 24.6 Å². The Labute approximate surface area is 219 Å². The lowest BCUT2D eigenvalue weighted by Gasteiger charge is -2.19. The van der Waals surface area contributed by atoms with Gasteiger partial charge in [-0.05, 0) is 34.5 Å². The van der Waals surface area contributed by atoms with Gasteiger partial charge in [0.05, 0.1) is 6.33 Å². The third-order valence-electron chi connectivity index (χ3n) is 5.93. The molecule has 2 aromatic heterocycles. The maximum atomic E-state index is 12.1. The van der Waals surface area contributed by atoms with Crippen LogP contribution >= 0.6 is 26.7 Å². The summed E-state index contributed by atoms with van der Waals surface area (Å²) in [5.41, 5.74) is 1.21. The van der Waals surface area contributed by atoms with Crippen molar-refractivity contribution >= 4 is 60.2 Å². The van der Waals surface area contributed by atoms with E-state index in [0.717, 1.165) is 16.5 Å². The number of aromatic nitrogens is 4. The summed E-state index contributed by atoms with van der Waals surface area (Å²) in [7, 11) is -9.22. The van der Waals surface area contributed by atoms with Gasteiger partial charge in [0.2, 0.25) is 5.28 Å². The van der Waals surface area contributed by atoms with Crippen LogP contribution in [0.15, 0.2) is 48.8 Å². The summed E-state index contributed by atoms with van der Waals surface area (Å²) < 4.78 is 30.2. The van der Waals surface area contributed by atoms with E-state index < -0.39 is 52.1 Å². The second kappa shape index (κ2) is 10.2. The van der Waals surface area contributed by atoms with Crippen LogP contribution in [0, 0.1) is 0 Å². The summed E-state index contributed by atoms with van der Waals surface area (Å²) in [6, 6.07) is 13.6. The predicted octanol–water partition coefficient (Wildman–Crippen LogP) is 1.91. The highest BCUT2D eigenvalue weighted by atomic mass is 35.5. The molecular formula is C21H23ClN6O8P2. The van der Waals surface area contributed by atoms with Gasteiger partial charge in [0.15, 0.2) is 23.2 Å². The van der Waals surface area contributed by atoms with Crippen LogP contribution in [0.25, 0.3) is 21.9 Å². The first-order valence-electron chi connectivity index (χ1n) is 11.2. The monoisotopic (exact) mass is 584 g/mol. The first-order chi connectivity index (χ1) is 17.9. The van der Waals surface area contributed by atoms with Gasteiger partial charge in [0, 0.05) is 12.2 Å². The molecule has 14 nitrogen and oxygen atoms in total. The third-order valence-corrected chi connectivity index (χ3v) is 9.79. The zero-order valence-corrected chi connectivity index (χ0v) is 21.9. The van der Waals surface area contributed by atoms with E-state index in [2.05, 4.69) is 25.4 Å². The molecule has 38 heavy (non-hydrogen) atoms. The summed E-state index contributed by atoms with van der Waals surface area (Å²) >= 11 is 6.18. The summed E-state index contributed by atoms with van der Waals surface area (Å²) in [5, 5.41) is 28.3. The van der Waals surface area contributed by atoms with Gasteiger partial charge in [0.1, 0.15) is 24.2 Å². The molecule has 1 saturated heterocycles. The highest BCUT2D eigenvalue weighted by molar-refractivity contribution is 7.71. The maximum Gasteiger partial charge on any atom is 0.336 e. The van der Waals surface area contributed by atoms with E-state index in [4.69, 9.17) is 26.1 Å². The quantitative estimate of drug-likeness (QED) is 0.117. The fourth-order valence-electron chi connectivity index (χ4n) is 4.23. The van der Waals surface area contributed by atoms with Crippen LogP contribution in [-0.2, 0) is 13.9 Å². The van der Waals surface area contributed by atoms with E-state index in [9.17, 15) is 24.2 Å². The molecule has 0 saturated carbocycles. The summed E-state index contributed by atoms with van der Waals surface area (Å²) in [6.45, 7) is -0.473. The molecule has 0 bridgehead atoms. The van der Waals surface area contributed by atoms with Crippen molar-refractivity contribution in [2.75, 3.05) is 17.8 Å². The van der Waals surface area contributed by atoms with Crippen LogP contribution in [0.2, 0.25) is 5.28 Å². The summed E-state index contributed by atoms with van der Waals surface area (Å²) in [4.78, 5) is 40.5. The number of aliphatic hydroxyl groups is 2. The maximum absolute atomic E-state index is 12.1. The van der Waals surface area contributed by atoms with Crippen LogP contribution in [-0.4, -0.2) is 75.2 Å². The van der Waals surface area contributed by atoms with Gasteiger partial charge < -0.3 is 34.9 Å². The van der Waals surface area contributed by atoms with E-state index in [1.807, 2.05) is 42.5 Å². The second-order valence-electron chi connectivity index (χ2n) is 8.77. The molecule has 5 rings (SSSR count). The minimum atomic E-state index is -4.78. The molecule has 1 fully saturated rings. The molecule has 0 spiro atoms. The molecule has 3 heterocycles. The molecule has 5 unspecified atom stereocenters. The fourth-order valence-corrected chi connectivity index (χ4v) is 7.25. The van der Waals surface area contributed by atoms with Crippen LogP contribution in [0.1, 0.15) is 6.23 Å². The SMILES string of the molecule is O=P(O)(O)CP(=O)(O)NCC1OC(n2cnc3c(Nc4ccc5ccccc5c4)nc(Cl)nc32)C(O)C1O. The predicted molar refractivity (Wildman–Crippen MR) is 138 cm³/mol. The van der Waals surface area contributed by atoms with E-state index in [1.54, 1.807) is 0 Å². The number of aliphatic hydroxyl groups excluding tert-OH is 2. The van der Waals surface area contributed by atoms with Gasteiger partial charge in [-0.15, -0.1) is 0 Å². The van der Waals surface area contributed by atoms with Gasteiger partial charge in [-0.3, -0.25) is 13.7 Å². The van der Waals surface area contributed by atoms with Gasteiger partial charge in [0.25, 0.3) is 7.52 Å². The Balaban J connectivity index is 1.39. The standard InChI is InChI=1S/C21H23ClN6O8P2/c22-21-26-18(25-13-6-5-11-3-1-2-4-12(11)7-13)15-19(27-21)28(9-23-15)20-17(30)16(29)14(36-20)8-24-37(31,32)10-38(33,34)35/h1-7,9,14,16-17,20,29-30H,8,10H2,(H2,24,31,32)(H,25,26,27)(H2,33,34,35). The number of anilines is 2. The Morgan fingerprint density at radius 3 is 2.50 bits per heavy atom. The van der Waals surface area contributed by atoms with Crippen LogP contribution < -0.4 is 10.4 Å². The molecule has 17 heteroatoms. The lowest BCUT2D eigenvalue weighted by atomic mass is 10.1. The zero-order chi connectivity index (χ0) is 27.2. The normalized spacial score (nSPS) is 23.6. The molecule has 0 aliphatic carbocycles. The number of benzene rings is 2. The van der Waals surface area contributed by atoms with Crippen molar-refractivity contribution < 1.29 is 38.8 Å². The topological polar surface area (TPSA) is 212 Å². The Morgan fingerprint density at radius 2 is 1.76 bits per heavy atom. The van der Waals surface area contributed by atoms with Crippen LogP contribution in [0.3, 0.4) is 0 Å². The van der Waals surface area contributed by atoms with Crippen LogP contribution in [0.4, 0.5) is 11.5 Å². The van der Waals surface area contributed by atoms with Gasteiger partial charge in [-0.2, -0.15) is 9.97 Å². The minimum Gasteiger partial charge on any atom is -0.387 e. The molecular weight excluding hydrogens is 562 g/mol. The number of imidazole rings is 1. The Hall–Kier alpha value is -2.48. The largest absolute Gasteiger partial charge is 0.387 e. The number of halogens is 1. The summed E-state index contributed by atoms with van der Waals surface area (Å²) in [5.74, 6) is -0.998. The van der Waals surface area contributed by atoms with E-state index in [0.29, 0.717) is 11.3 Å². The molecule has 2 aromatic carbocycles. The van der Waals surface area contributed by atoms with Crippen molar-refractivity contribution in [2.24, 2.45) is 0 Å². The smallest absolute Gasteiger partial charge is 0.336 e. The van der Waals surface area contributed by atoms with Crippen LogP contribution in [0.5, 0.6) is 0 Å². The molecule has 5 atom stereocenters. The Morgan fingerprint density at radius 1 is 1.03 bits per heavy atom. The summed E-state index contributed by atoms with van der Waals surface area (Å²) in [6.07, 6.45) is -4.09. The Kier molecular flexibility index (Phi) is 7.31. The third kappa shape index (κ3) is 5.75. The zero-order valence-electron chi connectivity index (χ0n) is 19.4. The second-order valence-corrected chi connectivity index (χ2v) is 13.3. The lowest BCUT2D eigenvalue weighted by Crippen LogP contribution is -2.37. The number of nitrogens with one attached hydrogen (secondary N) is 2. The molecule has 0 radical (unpaired) electrons. The fraction of sp³-hybridized carbons (Fsp3) is 0.286. The number of hydrogen-bond acceptors (Lipinski definition) is 9. The van der Waals surface area contributed by atoms with Crippen molar-refractivity contribution in [3.05, 3.63) is 54.1 Å². The lowest BCUT2D eigenvalue weighted by molar-refractivity contribution is -0.0331. The highest BCUT2D eigenvalue weighted by Crippen LogP contribution is 2.52. The van der Waals surface area contributed by atoms with Gasteiger partial charge in [-0.25, -0.2) is 10.1 Å². The van der Waals surface area contributed by atoms with E-state index in [1.165, 1.54) is 10.9 Å². The number of rotatable bonds is 8. The number of hydrogen-bond donors (Lipinski definition) is 7. The number of fused-ring (bicyclic) bond motifs is 2. The molecule has 202 valence electrons. The van der Waals surface area contributed by atoms with Crippen molar-refractivity contribution in [2.45, 2.75) is 24.5 Å². The number of ether oxygens (including phenoxy) is 1. The van der Waals surface area contributed by atoms with E-state index in [-0.39, 0.29) is 10.9 Å². The Bertz CT molecular complexity index is 1600. The first kappa shape index (κ1) is 27.1. The highest BCUT2D eigenvalue weighted by Gasteiger charge is 2.45.